The van der Waals surface area contributed by atoms with Crippen LogP contribution in [0, 0.1) is 36.0 Å². The molecule has 3 fully saturated rings. The van der Waals surface area contributed by atoms with E-state index >= 15 is 4.79 Å². The number of aryl methyl sites for hydroxylation is 2. The number of anilines is 1. The number of imide groups is 4. The fourth-order valence-corrected chi connectivity index (χ4v) is 10.9. The molecule has 1 saturated carbocycles. The van der Waals surface area contributed by atoms with Gasteiger partial charge in [0.2, 0.25) is 23.6 Å². The van der Waals surface area contributed by atoms with Crippen LogP contribution >= 0.6 is 22.9 Å². The minimum Gasteiger partial charge on any atom is -0.508 e. The van der Waals surface area contributed by atoms with Crippen LogP contribution in [0.25, 0.3) is 31.4 Å². The maximum Gasteiger partial charge on any atom is 0.423 e. The Labute approximate surface area is 312 Å². The average Bonchev–Trinajstić information content (AvgIpc) is 3.81. The van der Waals surface area contributed by atoms with Crippen LogP contribution in [0.2, 0.25) is 5.02 Å². The van der Waals surface area contributed by atoms with Gasteiger partial charge in [-0.05, 0) is 78.6 Å². The molecule has 13 heteroatoms. The summed E-state index contributed by atoms with van der Waals surface area (Å²) in [6.45, 7) is 3.76. The molecule has 2 saturated heterocycles. The van der Waals surface area contributed by atoms with Crippen LogP contribution in [0.4, 0.5) is 10.6 Å². The van der Waals surface area contributed by atoms with E-state index in [-0.39, 0.29) is 18.6 Å². The molecular weight excluding hydrogens is 716 g/mol. The summed E-state index contributed by atoms with van der Waals surface area (Å²) in [7, 11) is 2.80. The van der Waals surface area contributed by atoms with E-state index in [1.165, 1.54) is 9.58 Å². The molecule has 3 aromatic carbocycles. The number of thiophene rings is 1. The second-order valence-corrected chi connectivity index (χ2v) is 16.1. The number of phenols is 1. The van der Waals surface area contributed by atoms with Gasteiger partial charge in [0, 0.05) is 34.3 Å². The van der Waals surface area contributed by atoms with E-state index in [4.69, 9.17) is 21.4 Å². The van der Waals surface area contributed by atoms with Crippen molar-refractivity contribution in [1.29, 1.82) is 0 Å². The van der Waals surface area contributed by atoms with Gasteiger partial charge in [-0.25, -0.2) is 9.69 Å². The van der Waals surface area contributed by atoms with Crippen molar-refractivity contribution in [3.8, 4) is 16.3 Å². The van der Waals surface area contributed by atoms with E-state index in [0.29, 0.717) is 38.0 Å². The molecule has 268 valence electrons. The standard InChI is InChI=1S/C40H33ClN4O7S/c1-18-24-15-20(41)10-14-29(24)53-34(18)27-17-30(43(3)42-27)44-36(48)26-16-25-22(11-12-23-31(25)37(49)45(35(23)47)39(51)52-4)33(40(26,2)38(44)50)32-21-8-6-5-7-19(21)9-13-28(32)46/h5-11,13-15,17,23,25-26,31,33,46H,12,16H2,1-4H3/t23-,25+,26-,31-,33+,40+/m0/s1. The molecule has 5 amide bonds. The molecule has 1 N–H and O–H groups in total. The van der Waals surface area contributed by atoms with Crippen LogP contribution in [0.3, 0.4) is 0 Å². The van der Waals surface area contributed by atoms with Crippen molar-refractivity contribution in [1.82, 2.24) is 14.7 Å². The van der Waals surface area contributed by atoms with Crippen molar-refractivity contribution in [2.24, 2.45) is 36.1 Å². The lowest BCUT2D eigenvalue weighted by Crippen LogP contribution is -2.49. The molecule has 4 heterocycles. The number of carbonyl (C=O) groups is 5. The Balaban J connectivity index is 1.21. The van der Waals surface area contributed by atoms with Crippen LogP contribution in [-0.2, 0) is 31.0 Å². The largest absolute Gasteiger partial charge is 0.508 e. The van der Waals surface area contributed by atoms with Crippen LogP contribution in [0.1, 0.15) is 36.8 Å². The third-order valence-electron chi connectivity index (χ3n) is 12.1. The summed E-state index contributed by atoms with van der Waals surface area (Å²) in [5, 5.41) is 19.6. The van der Waals surface area contributed by atoms with Crippen molar-refractivity contribution in [2.75, 3.05) is 12.0 Å². The quantitative estimate of drug-likeness (QED) is 0.152. The number of ether oxygens (including phenoxy) is 1. The van der Waals surface area contributed by atoms with Gasteiger partial charge in [-0.3, -0.25) is 23.9 Å². The van der Waals surface area contributed by atoms with Gasteiger partial charge in [-0.1, -0.05) is 53.6 Å². The van der Waals surface area contributed by atoms with E-state index < -0.39 is 64.7 Å². The van der Waals surface area contributed by atoms with Crippen molar-refractivity contribution >= 4 is 79.3 Å². The Bertz CT molecular complexity index is 2540. The summed E-state index contributed by atoms with van der Waals surface area (Å²) in [5.41, 5.74) is 1.33. The topological polar surface area (TPSA) is 139 Å². The molecule has 0 bridgehead atoms. The fourth-order valence-electron chi connectivity index (χ4n) is 9.62. The van der Waals surface area contributed by atoms with Crippen molar-refractivity contribution in [3.63, 3.8) is 0 Å². The maximum atomic E-state index is 15.2. The number of nitrogens with zero attached hydrogens (tertiary/aromatic N) is 4. The molecule has 9 rings (SSSR count). The zero-order valence-corrected chi connectivity index (χ0v) is 30.7. The molecular formula is C40H33ClN4O7S. The van der Waals surface area contributed by atoms with Crippen LogP contribution < -0.4 is 4.90 Å². The first-order valence-corrected chi connectivity index (χ1v) is 18.5. The molecule has 2 aliphatic carbocycles. The van der Waals surface area contributed by atoms with E-state index in [0.717, 1.165) is 33.0 Å². The number of likely N-dealkylation sites (tertiary alicyclic amines) is 1. The lowest BCUT2D eigenvalue weighted by Gasteiger charge is -2.49. The number of methoxy groups -OCH3 is 1. The van der Waals surface area contributed by atoms with E-state index in [9.17, 15) is 24.3 Å². The Morgan fingerprint density at radius 2 is 1.77 bits per heavy atom. The first kappa shape index (κ1) is 33.5. The predicted octanol–water partition coefficient (Wildman–Crippen LogP) is 7.12. The molecule has 53 heavy (non-hydrogen) atoms. The van der Waals surface area contributed by atoms with Gasteiger partial charge in [0.15, 0.2) is 0 Å². The predicted molar refractivity (Wildman–Crippen MR) is 198 cm³/mol. The van der Waals surface area contributed by atoms with Gasteiger partial charge >= 0.3 is 6.09 Å². The first-order valence-electron chi connectivity index (χ1n) is 17.3. The molecule has 11 nitrogen and oxygen atoms in total. The smallest absolute Gasteiger partial charge is 0.423 e. The summed E-state index contributed by atoms with van der Waals surface area (Å²) >= 11 is 7.85. The van der Waals surface area contributed by atoms with Crippen LogP contribution in [0.5, 0.6) is 5.75 Å². The number of aromatic hydroxyl groups is 1. The van der Waals surface area contributed by atoms with E-state index in [1.807, 2.05) is 55.5 Å². The third kappa shape index (κ3) is 4.45. The van der Waals surface area contributed by atoms with E-state index in [2.05, 4.69) is 0 Å². The van der Waals surface area contributed by atoms with Gasteiger partial charge in [0.25, 0.3) is 0 Å². The van der Waals surface area contributed by atoms with Gasteiger partial charge in [0.05, 0.1) is 35.2 Å². The number of benzene rings is 3. The van der Waals surface area contributed by atoms with Gasteiger partial charge in [-0.2, -0.15) is 10.00 Å². The van der Waals surface area contributed by atoms with Gasteiger partial charge < -0.3 is 9.84 Å². The minimum absolute atomic E-state index is 0.0516. The number of hydrogen-bond acceptors (Lipinski definition) is 9. The molecule has 0 spiro atoms. The summed E-state index contributed by atoms with van der Waals surface area (Å²) in [6, 6.07) is 18.3. The number of hydrogen-bond donors (Lipinski definition) is 1. The number of fused-ring (bicyclic) bond motifs is 6. The lowest BCUT2D eigenvalue weighted by atomic mass is 9.51. The van der Waals surface area contributed by atoms with Crippen LogP contribution in [0.15, 0.2) is 72.3 Å². The SMILES string of the molecule is COC(=O)N1C(=O)[C@H]2[C@H](CC=C3[C@H]2C[C@H]2C(=O)N(c4cc(-c5sc6ccc(Cl)cc6c5C)nn4C)C(=O)[C@@]2(C)[C@H]3c2c(O)ccc3ccccc23)C1=O. The maximum absolute atomic E-state index is 15.2. The highest BCUT2D eigenvalue weighted by Crippen LogP contribution is 2.65. The number of halogens is 1. The fraction of sp³-hybridized carbons (Fsp3) is 0.300. The van der Waals surface area contributed by atoms with Crippen molar-refractivity contribution in [3.05, 3.63) is 88.5 Å². The summed E-state index contributed by atoms with van der Waals surface area (Å²) < 4.78 is 7.36. The zero-order chi connectivity index (χ0) is 37.2. The second kappa shape index (κ2) is 11.6. The normalized spacial score (nSPS) is 26.7. The molecule has 0 radical (unpaired) electrons. The summed E-state index contributed by atoms with van der Waals surface area (Å²) in [5.74, 6) is -6.24. The monoisotopic (exact) mass is 748 g/mol. The molecule has 6 atom stereocenters. The van der Waals surface area contributed by atoms with Crippen LogP contribution in [-0.4, -0.2) is 56.6 Å². The molecule has 5 aromatic rings. The molecule has 2 aliphatic heterocycles. The van der Waals surface area contributed by atoms with Crippen molar-refractivity contribution in [2.45, 2.75) is 32.6 Å². The number of rotatable bonds is 3. The highest BCUT2D eigenvalue weighted by molar-refractivity contribution is 7.22. The summed E-state index contributed by atoms with van der Waals surface area (Å²) in [6.07, 6.45) is 1.06. The van der Waals surface area contributed by atoms with Gasteiger partial charge in [0.1, 0.15) is 17.3 Å². The summed E-state index contributed by atoms with van der Waals surface area (Å²) in [4.78, 5) is 72.9. The number of phenolic OH excluding ortho intramolecular Hbond substituents is 1. The Morgan fingerprint density at radius 1 is 1.00 bits per heavy atom. The zero-order valence-electron chi connectivity index (χ0n) is 29.1. The lowest BCUT2D eigenvalue weighted by molar-refractivity contribution is -0.138. The number of aromatic nitrogens is 2. The average molecular weight is 749 g/mol. The first-order chi connectivity index (χ1) is 25.4. The molecule has 0 unspecified atom stereocenters. The third-order valence-corrected chi connectivity index (χ3v) is 13.6. The number of amides is 5. The van der Waals surface area contributed by atoms with Crippen molar-refractivity contribution < 1.29 is 33.8 Å². The Kier molecular flexibility index (Phi) is 7.32. The number of carbonyl (C=O) groups excluding carboxylic acids is 5. The highest BCUT2D eigenvalue weighted by atomic mass is 35.5. The van der Waals surface area contributed by atoms with Gasteiger partial charge in [-0.15, -0.1) is 11.3 Å². The second-order valence-electron chi connectivity index (χ2n) is 14.6. The Morgan fingerprint density at radius 3 is 2.55 bits per heavy atom. The highest BCUT2D eigenvalue weighted by Gasteiger charge is 2.68. The Hall–Kier alpha value is -5.33. The molecule has 2 aromatic heterocycles. The van der Waals surface area contributed by atoms with E-state index in [1.54, 1.807) is 43.5 Å². The molecule has 4 aliphatic rings. The number of allylic oxidation sites excluding steroid dienone is 2. The minimum atomic E-state index is -1.41.